The van der Waals surface area contributed by atoms with E-state index in [2.05, 4.69) is 0 Å². The van der Waals surface area contributed by atoms with E-state index < -0.39 is 0 Å². The monoisotopic (exact) mass is 271 g/mol. The van der Waals surface area contributed by atoms with Gasteiger partial charge in [0.25, 0.3) is 0 Å². The van der Waals surface area contributed by atoms with Gasteiger partial charge < -0.3 is 19.9 Å². The molecule has 4 nitrogen and oxygen atoms in total. The number of hydrogen-bond donors (Lipinski definition) is 1. The molecule has 2 N–H and O–H groups in total. The first-order chi connectivity index (χ1) is 8.36. The van der Waals surface area contributed by atoms with Crippen molar-refractivity contribution in [3.8, 4) is 11.5 Å². The molecule has 2 aliphatic heterocycles. The predicted molar refractivity (Wildman–Crippen MR) is 70.3 cm³/mol. The van der Waals surface area contributed by atoms with Crippen molar-refractivity contribution in [3.05, 3.63) is 23.8 Å². The molecule has 0 aromatic heterocycles. The van der Waals surface area contributed by atoms with E-state index in [0.717, 1.165) is 43.1 Å². The van der Waals surface area contributed by atoms with Gasteiger partial charge in [-0.05, 0) is 24.8 Å². The average Bonchev–Trinajstić information content (AvgIpc) is 2.87. The molecule has 1 saturated heterocycles. The van der Waals surface area contributed by atoms with E-state index in [1.54, 1.807) is 0 Å². The van der Waals surface area contributed by atoms with Crippen LogP contribution in [-0.2, 0) is 4.74 Å². The minimum absolute atomic E-state index is 0. The summed E-state index contributed by atoms with van der Waals surface area (Å²) in [6, 6.07) is 5.94. The van der Waals surface area contributed by atoms with Crippen LogP contribution >= 0.6 is 12.4 Å². The van der Waals surface area contributed by atoms with Crippen molar-refractivity contribution in [2.75, 3.05) is 20.0 Å². The van der Waals surface area contributed by atoms with Gasteiger partial charge >= 0.3 is 0 Å². The molecule has 0 saturated carbocycles. The lowest BCUT2D eigenvalue weighted by Gasteiger charge is -2.28. The molecule has 100 valence electrons. The number of para-hydroxylation sites is 1. The van der Waals surface area contributed by atoms with Crippen molar-refractivity contribution in [3.63, 3.8) is 0 Å². The van der Waals surface area contributed by atoms with Crippen molar-refractivity contribution in [1.29, 1.82) is 0 Å². The first kappa shape index (κ1) is 13.5. The summed E-state index contributed by atoms with van der Waals surface area (Å²) in [6.45, 7) is 1.92. The summed E-state index contributed by atoms with van der Waals surface area (Å²) < 4.78 is 16.2. The second-order valence-corrected chi connectivity index (χ2v) is 4.56. The minimum Gasteiger partial charge on any atom is -0.454 e. The molecule has 0 unspecified atom stereocenters. The van der Waals surface area contributed by atoms with E-state index in [1.165, 1.54) is 0 Å². The Morgan fingerprint density at radius 1 is 1.17 bits per heavy atom. The zero-order valence-corrected chi connectivity index (χ0v) is 10.9. The Balaban J connectivity index is 0.00000120. The molecule has 1 fully saturated rings. The summed E-state index contributed by atoms with van der Waals surface area (Å²) in [4.78, 5) is 0. The third kappa shape index (κ3) is 2.41. The number of halogens is 1. The number of hydrogen-bond acceptors (Lipinski definition) is 4. The van der Waals surface area contributed by atoms with Gasteiger partial charge in [-0.15, -0.1) is 12.4 Å². The van der Waals surface area contributed by atoms with Gasteiger partial charge in [-0.25, -0.2) is 0 Å². The normalized spacial score (nSPS) is 20.3. The van der Waals surface area contributed by atoms with Gasteiger partial charge in [-0.1, -0.05) is 12.1 Å². The maximum Gasteiger partial charge on any atom is 0.231 e. The Morgan fingerprint density at radius 2 is 1.94 bits per heavy atom. The zero-order valence-electron chi connectivity index (χ0n) is 10.1. The molecule has 18 heavy (non-hydrogen) atoms. The summed E-state index contributed by atoms with van der Waals surface area (Å²) in [5, 5.41) is 0. The highest BCUT2D eigenvalue weighted by atomic mass is 35.5. The largest absolute Gasteiger partial charge is 0.454 e. The fraction of sp³-hybridized carbons (Fsp3) is 0.538. The number of ether oxygens (including phenoxy) is 3. The standard InChI is InChI=1S/C13H17NO3.ClH/c14-12(9-4-6-15-7-5-9)10-2-1-3-11-13(10)17-8-16-11;/h1-3,9,12H,4-8,14H2;1H/t12-;/m1./s1. The van der Waals surface area contributed by atoms with Gasteiger partial charge in [0.05, 0.1) is 0 Å². The molecule has 0 radical (unpaired) electrons. The first-order valence-corrected chi connectivity index (χ1v) is 6.08. The van der Waals surface area contributed by atoms with E-state index in [9.17, 15) is 0 Å². The molecule has 0 aliphatic carbocycles. The van der Waals surface area contributed by atoms with Crippen LogP contribution in [0.25, 0.3) is 0 Å². The molecule has 2 aliphatic rings. The fourth-order valence-corrected chi connectivity index (χ4v) is 2.54. The average molecular weight is 272 g/mol. The molecule has 5 heteroatoms. The lowest BCUT2D eigenvalue weighted by atomic mass is 9.87. The lowest BCUT2D eigenvalue weighted by molar-refractivity contribution is 0.0580. The van der Waals surface area contributed by atoms with Crippen LogP contribution in [0.1, 0.15) is 24.4 Å². The van der Waals surface area contributed by atoms with Crippen LogP contribution in [0.3, 0.4) is 0 Å². The van der Waals surface area contributed by atoms with Crippen molar-refractivity contribution >= 4 is 12.4 Å². The summed E-state index contributed by atoms with van der Waals surface area (Å²) in [5.41, 5.74) is 7.41. The second kappa shape index (κ2) is 5.78. The van der Waals surface area contributed by atoms with Crippen LogP contribution in [0.5, 0.6) is 11.5 Å². The zero-order chi connectivity index (χ0) is 11.7. The number of nitrogens with two attached hydrogens (primary N) is 1. The van der Waals surface area contributed by atoms with Crippen LogP contribution < -0.4 is 15.2 Å². The molecular formula is C13H18ClNO3. The summed E-state index contributed by atoms with van der Waals surface area (Å²) in [6.07, 6.45) is 2.04. The maximum atomic E-state index is 6.35. The minimum atomic E-state index is 0. The third-order valence-electron chi connectivity index (χ3n) is 3.56. The van der Waals surface area contributed by atoms with E-state index in [0.29, 0.717) is 12.7 Å². The predicted octanol–water partition coefficient (Wildman–Crippen LogP) is 2.26. The third-order valence-corrected chi connectivity index (χ3v) is 3.56. The number of fused-ring (bicyclic) bond motifs is 1. The molecule has 1 aromatic carbocycles. The van der Waals surface area contributed by atoms with Crippen LogP contribution in [0.2, 0.25) is 0 Å². The highest BCUT2D eigenvalue weighted by molar-refractivity contribution is 5.85. The molecule has 0 spiro atoms. The van der Waals surface area contributed by atoms with E-state index >= 15 is 0 Å². The van der Waals surface area contributed by atoms with E-state index in [1.807, 2.05) is 18.2 Å². The molecule has 0 bridgehead atoms. The second-order valence-electron chi connectivity index (χ2n) is 4.56. The quantitative estimate of drug-likeness (QED) is 0.896. The Morgan fingerprint density at radius 3 is 2.72 bits per heavy atom. The van der Waals surface area contributed by atoms with Gasteiger partial charge in [0.1, 0.15) is 0 Å². The van der Waals surface area contributed by atoms with Crippen molar-refractivity contribution < 1.29 is 14.2 Å². The van der Waals surface area contributed by atoms with E-state index in [-0.39, 0.29) is 18.4 Å². The number of benzene rings is 1. The van der Waals surface area contributed by atoms with Crippen molar-refractivity contribution in [1.82, 2.24) is 0 Å². The summed E-state index contributed by atoms with van der Waals surface area (Å²) in [5.74, 6) is 2.11. The maximum absolute atomic E-state index is 6.35. The smallest absolute Gasteiger partial charge is 0.231 e. The lowest BCUT2D eigenvalue weighted by Crippen LogP contribution is -2.27. The fourth-order valence-electron chi connectivity index (χ4n) is 2.54. The number of rotatable bonds is 2. The molecule has 2 heterocycles. The van der Waals surface area contributed by atoms with Crippen LogP contribution in [0, 0.1) is 5.92 Å². The Kier molecular flexibility index (Phi) is 4.32. The highest BCUT2D eigenvalue weighted by Crippen LogP contribution is 2.41. The van der Waals surface area contributed by atoms with Gasteiger partial charge in [-0.3, -0.25) is 0 Å². The summed E-state index contributed by atoms with van der Waals surface area (Å²) >= 11 is 0. The van der Waals surface area contributed by atoms with E-state index in [4.69, 9.17) is 19.9 Å². The van der Waals surface area contributed by atoms with Crippen LogP contribution in [0.4, 0.5) is 0 Å². The van der Waals surface area contributed by atoms with Crippen molar-refractivity contribution in [2.24, 2.45) is 11.7 Å². The van der Waals surface area contributed by atoms with Crippen molar-refractivity contribution in [2.45, 2.75) is 18.9 Å². The Bertz CT molecular complexity index is 407. The summed E-state index contributed by atoms with van der Waals surface area (Å²) in [7, 11) is 0. The Hall–Kier alpha value is -0.970. The topological polar surface area (TPSA) is 53.7 Å². The van der Waals surface area contributed by atoms with Crippen LogP contribution in [-0.4, -0.2) is 20.0 Å². The first-order valence-electron chi connectivity index (χ1n) is 6.08. The molecule has 1 atom stereocenters. The van der Waals surface area contributed by atoms with Gasteiger partial charge in [-0.2, -0.15) is 0 Å². The SMILES string of the molecule is Cl.N[C@@H](c1cccc2c1OCO2)C1CCOCC1. The highest BCUT2D eigenvalue weighted by Gasteiger charge is 2.27. The molecule has 3 rings (SSSR count). The van der Waals surface area contributed by atoms with Gasteiger partial charge in [0.2, 0.25) is 6.79 Å². The van der Waals surface area contributed by atoms with Gasteiger partial charge in [0, 0.05) is 24.8 Å². The molecule has 1 aromatic rings. The Labute approximate surface area is 113 Å². The molecule has 0 amide bonds. The molecular weight excluding hydrogens is 254 g/mol. The van der Waals surface area contributed by atoms with Crippen LogP contribution in [0.15, 0.2) is 18.2 Å². The van der Waals surface area contributed by atoms with Gasteiger partial charge in [0.15, 0.2) is 11.5 Å².